The molecule has 1 saturated heterocycles. The zero-order valence-corrected chi connectivity index (χ0v) is 21.1. The number of likely N-dealkylation sites (tertiary alicyclic amines) is 1. The van der Waals surface area contributed by atoms with Crippen molar-refractivity contribution in [2.24, 2.45) is 0 Å². The normalized spacial score (nSPS) is 19.5. The topological polar surface area (TPSA) is 125 Å². The maximum Gasteiger partial charge on any atom is 0.261 e. The van der Waals surface area contributed by atoms with Crippen LogP contribution in [0.1, 0.15) is 41.8 Å². The standard InChI is InChI=1S/C29H25N7O3/c30-13-18-12-20-19(24-25(28(38)33-27(24)37)22-15-32-23-6-2-5-11-35(22)23)8-7-17-14-31-21(16-36(18)26(17)20)29(39)34-9-3-1-4-10-34/h2,5-8,11-12,15,21,31H,1,3-4,9-10,14,16H2,(H,33,37,38). The van der Waals surface area contributed by atoms with Crippen LogP contribution in [-0.4, -0.2) is 55.7 Å². The SMILES string of the molecule is N#Cc1cc2c(C3=C(c4cnc5ccccn45)C(=O)NC3=O)ccc3c2n1CC(C(=O)N1CCCCC1)NC3. The molecule has 0 bridgehead atoms. The lowest BCUT2D eigenvalue weighted by Gasteiger charge is -2.30. The van der Waals surface area contributed by atoms with Gasteiger partial charge in [0.15, 0.2) is 0 Å². The van der Waals surface area contributed by atoms with Crippen LogP contribution < -0.4 is 10.6 Å². The number of nitrogens with zero attached hydrogens (tertiary/aromatic N) is 5. The van der Waals surface area contributed by atoms with Crippen molar-refractivity contribution < 1.29 is 14.4 Å². The molecule has 3 aliphatic heterocycles. The molecule has 1 atom stereocenters. The van der Waals surface area contributed by atoms with Gasteiger partial charge < -0.3 is 14.8 Å². The van der Waals surface area contributed by atoms with Gasteiger partial charge in [-0.2, -0.15) is 5.26 Å². The minimum Gasteiger partial charge on any atom is -0.341 e. The van der Waals surface area contributed by atoms with Gasteiger partial charge in [-0.15, -0.1) is 0 Å². The largest absolute Gasteiger partial charge is 0.341 e. The van der Waals surface area contributed by atoms with E-state index < -0.39 is 17.9 Å². The van der Waals surface area contributed by atoms with E-state index >= 15 is 0 Å². The molecule has 0 aliphatic carbocycles. The highest BCUT2D eigenvalue weighted by Gasteiger charge is 2.36. The number of rotatable bonds is 3. The summed E-state index contributed by atoms with van der Waals surface area (Å²) in [7, 11) is 0. The van der Waals surface area contributed by atoms with E-state index in [0.717, 1.165) is 43.4 Å². The Morgan fingerprint density at radius 3 is 2.69 bits per heavy atom. The third kappa shape index (κ3) is 3.58. The first kappa shape index (κ1) is 23.4. The average molecular weight is 520 g/mol. The van der Waals surface area contributed by atoms with Crippen LogP contribution >= 0.6 is 0 Å². The number of nitrogens with one attached hydrogen (secondary N) is 2. The Labute approximate surface area is 223 Å². The second-order valence-electron chi connectivity index (χ2n) is 10.2. The number of carbonyl (C=O) groups is 3. The van der Waals surface area contributed by atoms with Crippen LogP contribution in [0.3, 0.4) is 0 Å². The van der Waals surface area contributed by atoms with Gasteiger partial charge in [0.25, 0.3) is 11.8 Å². The van der Waals surface area contributed by atoms with Crippen molar-refractivity contribution in [2.75, 3.05) is 13.1 Å². The van der Waals surface area contributed by atoms with Crippen LogP contribution in [0.25, 0.3) is 27.7 Å². The molecule has 3 amide bonds. The Bertz CT molecular complexity index is 1780. The molecular formula is C29H25N7O3. The quantitative estimate of drug-likeness (QED) is 0.400. The zero-order chi connectivity index (χ0) is 26.7. The van der Waals surface area contributed by atoms with Crippen molar-refractivity contribution in [1.29, 1.82) is 5.26 Å². The van der Waals surface area contributed by atoms with Gasteiger partial charge in [-0.05, 0) is 48.6 Å². The summed E-state index contributed by atoms with van der Waals surface area (Å²) in [4.78, 5) is 46.0. The lowest BCUT2D eigenvalue weighted by atomic mass is 9.95. The van der Waals surface area contributed by atoms with E-state index in [1.807, 2.05) is 39.8 Å². The fourth-order valence-corrected chi connectivity index (χ4v) is 6.15. The summed E-state index contributed by atoms with van der Waals surface area (Å²) in [6, 6.07) is 12.8. The number of nitriles is 1. The highest BCUT2D eigenvalue weighted by molar-refractivity contribution is 6.49. The predicted molar refractivity (Wildman–Crippen MR) is 143 cm³/mol. The number of fused-ring (bicyclic) bond motifs is 1. The molecule has 3 aromatic heterocycles. The van der Waals surface area contributed by atoms with Gasteiger partial charge in [-0.3, -0.25) is 24.1 Å². The maximum absolute atomic E-state index is 13.4. The summed E-state index contributed by atoms with van der Waals surface area (Å²) < 4.78 is 3.66. The maximum atomic E-state index is 13.4. The Morgan fingerprint density at radius 2 is 1.87 bits per heavy atom. The Morgan fingerprint density at radius 1 is 1.05 bits per heavy atom. The second kappa shape index (κ2) is 8.92. The van der Waals surface area contributed by atoms with Gasteiger partial charge in [0.05, 0.1) is 28.6 Å². The minimum absolute atomic E-state index is 0.0480. The molecule has 0 radical (unpaired) electrons. The van der Waals surface area contributed by atoms with Gasteiger partial charge in [0.2, 0.25) is 5.91 Å². The number of imidazole rings is 1. The summed E-state index contributed by atoms with van der Waals surface area (Å²) in [5.74, 6) is -0.935. The first-order valence-corrected chi connectivity index (χ1v) is 13.2. The number of hydrogen-bond acceptors (Lipinski definition) is 6. The molecule has 1 unspecified atom stereocenters. The summed E-state index contributed by atoms with van der Waals surface area (Å²) in [6.07, 6.45) is 6.54. The molecule has 39 heavy (non-hydrogen) atoms. The first-order valence-electron chi connectivity index (χ1n) is 13.2. The Balaban J connectivity index is 1.39. The molecule has 4 aromatic rings. The van der Waals surface area contributed by atoms with E-state index in [2.05, 4.69) is 21.7 Å². The molecule has 3 aliphatic rings. The van der Waals surface area contributed by atoms with Crippen LogP contribution in [-0.2, 0) is 27.5 Å². The lowest BCUT2D eigenvalue weighted by Crippen LogP contribution is -2.49. The van der Waals surface area contributed by atoms with Gasteiger partial charge in [-0.25, -0.2) is 4.98 Å². The van der Waals surface area contributed by atoms with E-state index in [1.54, 1.807) is 22.9 Å². The highest BCUT2D eigenvalue weighted by Crippen LogP contribution is 2.38. The number of benzene rings is 1. The number of aromatic nitrogens is 3. The van der Waals surface area contributed by atoms with Crippen molar-refractivity contribution in [3.8, 4) is 6.07 Å². The Hall–Kier alpha value is -4.75. The third-order valence-corrected chi connectivity index (χ3v) is 8.00. The predicted octanol–water partition coefficient (Wildman–Crippen LogP) is 2.21. The van der Waals surface area contributed by atoms with Crippen molar-refractivity contribution in [2.45, 2.75) is 38.4 Å². The second-order valence-corrected chi connectivity index (χ2v) is 10.2. The molecule has 0 spiro atoms. The number of hydrogen-bond donors (Lipinski definition) is 2. The van der Waals surface area contributed by atoms with Crippen molar-refractivity contribution in [3.63, 3.8) is 0 Å². The van der Waals surface area contributed by atoms with Crippen molar-refractivity contribution >= 4 is 45.4 Å². The molecule has 10 heteroatoms. The highest BCUT2D eigenvalue weighted by atomic mass is 16.2. The molecule has 2 N–H and O–H groups in total. The van der Waals surface area contributed by atoms with E-state index in [1.165, 1.54) is 0 Å². The molecule has 1 fully saturated rings. The minimum atomic E-state index is -0.493. The van der Waals surface area contributed by atoms with Gasteiger partial charge >= 0.3 is 0 Å². The average Bonchev–Trinajstić information content (AvgIpc) is 3.59. The third-order valence-electron chi connectivity index (χ3n) is 8.00. The molecule has 6 heterocycles. The van der Waals surface area contributed by atoms with Crippen LogP contribution in [0.5, 0.6) is 0 Å². The molecule has 1 aromatic carbocycles. The summed E-state index contributed by atoms with van der Waals surface area (Å²) in [5, 5.41) is 16.6. The van der Waals surface area contributed by atoms with E-state index in [9.17, 15) is 19.6 Å². The number of carbonyl (C=O) groups excluding carboxylic acids is 3. The van der Waals surface area contributed by atoms with Gasteiger partial charge in [0.1, 0.15) is 23.5 Å². The van der Waals surface area contributed by atoms with Gasteiger partial charge in [0, 0.05) is 37.8 Å². The zero-order valence-electron chi connectivity index (χ0n) is 21.1. The number of amides is 3. The molecular weight excluding hydrogens is 494 g/mol. The fourth-order valence-electron chi connectivity index (χ4n) is 6.15. The number of imide groups is 1. The Kier molecular flexibility index (Phi) is 5.35. The molecule has 0 saturated carbocycles. The van der Waals surface area contributed by atoms with Crippen LogP contribution in [0.15, 0.2) is 48.8 Å². The monoisotopic (exact) mass is 519 g/mol. The first-order chi connectivity index (χ1) is 19.0. The van der Waals surface area contributed by atoms with E-state index in [-0.39, 0.29) is 17.1 Å². The smallest absolute Gasteiger partial charge is 0.261 e. The van der Waals surface area contributed by atoms with Crippen LogP contribution in [0.2, 0.25) is 0 Å². The summed E-state index contributed by atoms with van der Waals surface area (Å²) >= 11 is 0. The van der Waals surface area contributed by atoms with Crippen LogP contribution in [0.4, 0.5) is 0 Å². The van der Waals surface area contributed by atoms with Crippen molar-refractivity contribution in [1.82, 2.24) is 29.5 Å². The summed E-state index contributed by atoms with van der Waals surface area (Å²) in [6.45, 7) is 2.26. The summed E-state index contributed by atoms with van der Waals surface area (Å²) in [5.41, 5.74) is 4.34. The molecule has 7 rings (SSSR count). The number of pyridine rings is 1. The van der Waals surface area contributed by atoms with E-state index in [4.69, 9.17) is 0 Å². The number of piperidine rings is 1. The lowest BCUT2D eigenvalue weighted by molar-refractivity contribution is -0.134. The van der Waals surface area contributed by atoms with Crippen LogP contribution in [0, 0.1) is 11.3 Å². The van der Waals surface area contributed by atoms with Gasteiger partial charge in [-0.1, -0.05) is 18.2 Å². The van der Waals surface area contributed by atoms with E-state index in [0.29, 0.717) is 41.1 Å². The molecule has 10 nitrogen and oxygen atoms in total. The molecule has 194 valence electrons. The fraction of sp³-hybridized carbons (Fsp3) is 0.276. The van der Waals surface area contributed by atoms with Crippen molar-refractivity contribution in [3.05, 3.63) is 71.3 Å².